The normalized spacial score (nSPS) is 11.5. The van der Waals surface area contributed by atoms with Crippen LogP contribution in [0.2, 0.25) is 0 Å². The molecule has 0 aliphatic heterocycles. The predicted octanol–water partition coefficient (Wildman–Crippen LogP) is 3.07. The van der Waals surface area contributed by atoms with Gasteiger partial charge in [0.15, 0.2) is 0 Å². The van der Waals surface area contributed by atoms with Crippen molar-refractivity contribution in [2.45, 2.75) is 10.7 Å². The molecule has 4 nitrogen and oxygen atoms in total. The van der Waals surface area contributed by atoms with Gasteiger partial charge in [-0.2, -0.15) is 8.78 Å². The Morgan fingerprint density at radius 1 is 1.05 bits per heavy atom. The molecule has 0 bridgehead atoms. The summed E-state index contributed by atoms with van der Waals surface area (Å²) in [7, 11) is -4.87. The Hall–Kier alpha value is -2.35. The summed E-state index contributed by atoms with van der Waals surface area (Å²) in [5, 5.41) is 2.20. The average molecular weight is 329 g/mol. The molecule has 0 fully saturated rings. The monoisotopic (exact) mass is 329 g/mol. The van der Waals surface area contributed by atoms with Gasteiger partial charge in [-0.1, -0.05) is 18.2 Å². The number of halogens is 3. The van der Waals surface area contributed by atoms with Crippen molar-refractivity contribution >= 4 is 21.4 Å². The Labute approximate surface area is 124 Å². The summed E-state index contributed by atoms with van der Waals surface area (Å²) in [6, 6.07) is 9.45. The molecule has 0 unspecified atom stereocenters. The van der Waals surface area contributed by atoms with Gasteiger partial charge in [0, 0.05) is 5.56 Å². The van der Waals surface area contributed by atoms with Crippen LogP contribution in [0.3, 0.4) is 0 Å². The molecular formula is C14H10F3NO3S. The minimum Gasteiger partial charge on any atom is -0.321 e. The number of rotatable bonds is 4. The molecule has 0 aliphatic carbocycles. The summed E-state index contributed by atoms with van der Waals surface area (Å²) in [4.78, 5) is 11.3. The number of carbonyl (C=O) groups is 1. The van der Waals surface area contributed by atoms with Crippen molar-refractivity contribution in [2.24, 2.45) is 0 Å². The highest BCUT2D eigenvalue weighted by Gasteiger charge is 2.29. The molecule has 2 aromatic carbocycles. The van der Waals surface area contributed by atoms with Crippen LogP contribution in [0.25, 0.3) is 0 Å². The molecule has 1 N–H and O–H groups in total. The fraction of sp³-hybridized carbons (Fsp3) is 0.0714. The van der Waals surface area contributed by atoms with E-state index < -0.39 is 32.2 Å². The van der Waals surface area contributed by atoms with Crippen molar-refractivity contribution in [3.8, 4) is 0 Å². The van der Waals surface area contributed by atoms with Crippen LogP contribution in [0.4, 0.5) is 18.9 Å². The van der Waals surface area contributed by atoms with Crippen molar-refractivity contribution in [3.05, 3.63) is 59.9 Å². The molecule has 0 saturated carbocycles. The van der Waals surface area contributed by atoms with Gasteiger partial charge in [0.25, 0.3) is 5.91 Å². The van der Waals surface area contributed by atoms with Crippen molar-refractivity contribution < 1.29 is 26.4 Å². The number of benzene rings is 2. The Bertz CT molecular complexity index is 806. The van der Waals surface area contributed by atoms with Crippen molar-refractivity contribution in [1.29, 1.82) is 0 Å². The Kier molecular flexibility index (Phi) is 4.51. The molecule has 0 atom stereocenters. The Morgan fingerprint density at radius 2 is 1.73 bits per heavy atom. The first-order chi connectivity index (χ1) is 10.3. The van der Waals surface area contributed by atoms with Gasteiger partial charge in [-0.25, -0.2) is 12.8 Å². The summed E-state index contributed by atoms with van der Waals surface area (Å²) in [5.74, 6) is -5.07. The quantitative estimate of drug-likeness (QED) is 0.937. The van der Waals surface area contributed by atoms with Gasteiger partial charge in [0.05, 0.1) is 10.6 Å². The molecule has 0 aliphatic rings. The predicted molar refractivity (Wildman–Crippen MR) is 74.0 cm³/mol. The van der Waals surface area contributed by atoms with E-state index in [0.717, 1.165) is 18.2 Å². The molecule has 0 radical (unpaired) electrons. The molecule has 0 aromatic heterocycles. The number of nitrogens with one attached hydrogen (secondary N) is 1. The first kappa shape index (κ1) is 16.0. The van der Waals surface area contributed by atoms with Gasteiger partial charge in [-0.3, -0.25) is 4.79 Å². The lowest BCUT2D eigenvalue weighted by Gasteiger charge is -2.11. The van der Waals surface area contributed by atoms with Gasteiger partial charge in [-0.15, -0.1) is 0 Å². The maximum atomic E-state index is 13.1. The number of carbonyl (C=O) groups excluding carboxylic acids is 1. The SMILES string of the molecule is O=C(Nc1ccccc1S(=O)(=O)C(F)F)c1cccc(F)c1. The molecule has 22 heavy (non-hydrogen) atoms. The van der Waals surface area contributed by atoms with E-state index in [9.17, 15) is 26.4 Å². The summed E-state index contributed by atoms with van der Waals surface area (Å²) >= 11 is 0. The zero-order valence-corrected chi connectivity index (χ0v) is 11.8. The highest BCUT2D eigenvalue weighted by atomic mass is 32.2. The molecule has 116 valence electrons. The molecule has 8 heteroatoms. The third-order valence-electron chi connectivity index (χ3n) is 2.76. The number of sulfone groups is 1. The summed E-state index contributed by atoms with van der Waals surface area (Å²) in [6.07, 6.45) is 0. The van der Waals surface area contributed by atoms with Gasteiger partial charge >= 0.3 is 5.76 Å². The van der Waals surface area contributed by atoms with E-state index in [2.05, 4.69) is 5.32 Å². The van der Waals surface area contributed by atoms with Crippen LogP contribution in [0.5, 0.6) is 0 Å². The van der Waals surface area contributed by atoms with Crippen LogP contribution < -0.4 is 5.32 Å². The zero-order chi connectivity index (χ0) is 16.3. The van der Waals surface area contributed by atoms with Crippen LogP contribution in [-0.4, -0.2) is 20.1 Å². The van der Waals surface area contributed by atoms with Crippen LogP contribution in [0, 0.1) is 5.82 Å². The first-order valence-electron chi connectivity index (χ1n) is 6.00. The minimum atomic E-state index is -4.87. The lowest BCUT2D eigenvalue weighted by atomic mass is 10.2. The number of para-hydroxylation sites is 1. The summed E-state index contributed by atoms with van der Waals surface area (Å²) < 4.78 is 61.5. The fourth-order valence-electron chi connectivity index (χ4n) is 1.74. The average Bonchev–Trinajstić information content (AvgIpc) is 2.47. The lowest BCUT2D eigenvalue weighted by molar-refractivity contribution is 0.102. The molecule has 1 amide bonds. The van der Waals surface area contributed by atoms with Crippen molar-refractivity contribution in [2.75, 3.05) is 5.32 Å². The van der Waals surface area contributed by atoms with E-state index in [4.69, 9.17) is 0 Å². The van der Waals surface area contributed by atoms with Gasteiger partial charge in [0.2, 0.25) is 9.84 Å². The molecule has 0 spiro atoms. The summed E-state index contributed by atoms with van der Waals surface area (Å²) in [6.45, 7) is 0. The largest absolute Gasteiger partial charge is 0.341 e. The maximum Gasteiger partial charge on any atom is 0.341 e. The second kappa shape index (κ2) is 6.18. The van der Waals surface area contributed by atoms with Crippen molar-refractivity contribution in [1.82, 2.24) is 0 Å². The van der Waals surface area contributed by atoms with E-state index in [0.29, 0.717) is 0 Å². The smallest absolute Gasteiger partial charge is 0.321 e. The standard InChI is InChI=1S/C14H10F3NO3S/c15-10-5-3-4-9(8-10)13(19)18-11-6-1-2-7-12(11)22(20,21)14(16)17/h1-8,14H,(H,18,19). The van der Waals surface area contributed by atoms with Crippen LogP contribution >= 0.6 is 0 Å². The Balaban J connectivity index is 2.37. The topological polar surface area (TPSA) is 63.2 Å². The van der Waals surface area contributed by atoms with Crippen molar-refractivity contribution in [3.63, 3.8) is 0 Å². The van der Waals surface area contributed by atoms with E-state index >= 15 is 0 Å². The highest BCUT2D eigenvalue weighted by Crippen LogP contribution is 2.26. The molecular weight excluding hydrogens is 319 g/mol. The van der Waals surface area contributed by atoms with E-state index in [1.165, 1.54) is 30.3 Å². The zero-order valence-electron chi connectivity index (χ0n) is 11.0. The number of alkyl halides is 2. The first-order valence-corrected chi connectivity index (χ1v) is 7.55. The van der Waals surface area contributed by atoms with Crippen LogP contribution in [-0.2, 0) is 9.84 Å². The number of anilines is 1. The van der Waals surface area contributed by atoms with E-state index in [1.54, 1.807) is 0 Å². The fourth-order valence-corrected chi connectivity index (χ4v) is 2.62. The lowest BCUT2D eigenvalue weighted by Crippen LogP contribution is -2.17. The third-order valence-corrected chi connectivity index (χ3v) is 4.20. The Morgan fingerprint density at radius 3 is 2.36 bits per heavy atom. The minimum absolute atomic E-state index is 0.0655. The summed E-state index contributed by atoms with van der Waals surface area (Å²) in [5.41, 5.74) is -0.360. The molecule has 2 aromatic rings. The van der Waals surface area contributed by atoms with Gasteiger partial charge < -0.3 is 5.32 Å². The number of hydrogen-bond donors (Lipinski definition) is 1. The van der Waals surface area contributed by atoms with Gasteiger partial charge in [0.1, 0.15) is 5.82 Å². The third kappa shape index (κ3) is 3.28. The number of amides is 1. The second-order valence-corrected chi connectivity index (χ2v) is 6.15. The number of hydrogen-bond acceptors (Lipinski definition) is 3. The highest BCUT2D eigenvalue weighted by molar-refractivity contribution is 7.91. The van der Waals surface area contributed by atoms with Crippen LogP contribution in [0.15, 0.2) is 53.4 Å². The van der Waals surface area contributed by atoms with Crippen LogP contribution in [0.1, 0.15) is 10.4 Å². The second-order valence-electron chi connectivity index (χ2n) is 4.27. The van der Waals surface area contributed by atoms with Gasteiger partial charge in [-0.05, 0) is 30.3 Å². The van der Waals surface area contributed by atoms with E-state index in [1.807, 2.05) is 0 Å². The molecule has 2 rings (SSSR count). The molecule has 0 heterocycles. The maximum absolute atomic E-state index is 13.1. The van der Waals surface area contributed by atoms with E-state index in [-0.39, 0.29) is 11.3 Å². The molecule has 0 saturated heterocycles.